The van der Waals surface area contributed by atoms with Crippen molar-refractivity contribution in [1.82, 2.24) is 15.1 Å². The number of hydrogen-bond donors (Lipinski definition) is 1. The fraction of sp³-hybridized carbons (Fsp3) is 0.300. The molecular formula is C20H18ClF2N5O3. The second-order valence-corrected chi connectivity index (χ2v) is 7.48. The molecule has 1 aromatic carbocycles. The van der Waals surface area contributed by atoms with Crippen molar-refractivity contribution in [3.63, 3.8) is 0 Å². The zero-order chi connectivity index (χ0) is 22.1. The molecule has 11 heteroatoms. The van der Waals surface area contributed by atoms with E-state index in [-0.39, 0.29) is 18.4 Å². The Morgan fingerprint density at radius 1 is 1.29 bits per heavy atom. The van der Waals surface area contributed by atoms with Gasteiger partial charge in [0.15, 0.2) is 17.4 Å². The van der Waals surface area contributed by atoms with Crippen LogP contribution in [0.5, 0.6) is 0 Å². The first-order valence-electron chi connectivity index (χ1n) is 9.45. The number of alkyl halides is 1. The van der Waals surface area contributed by atoms with Gasteiger partial charge in [-0.15, -0.1) is 0 Å². The predicted octanol–water partition coefficient (Wildman–Crippen LogP) is 4.78. The summed E-state index contributed by atoms with van der Waals surface area (Å²) >= 11 is 5.90. The van der Waals surface area contributed by atoms with Gasteiger partial charge in [0.05, 0.1) is 12.2 Å². The lowest BCUT2D eigenvalue weighted by Gasteiger charge is -2.22. The molecule has 2 aromatic heterocycles. The van der Waals surface area contributed by atoms with E-state index in [0.29, 0.717) is 16.5 Å². The van der Waals surface area contributed by atoms with Crippen molar-refractivity contribution in [3.8, 4) is 11.3 Å². The number of anilines is 2. The maximum atomic E-state index is 14.3. The van der Waals surface area contributed by atoms with Crippen molar-refractivity contribution in [2.75, 3.05) is 16.8 Å². The zero-order valence-electron chi connectivity index (χ0n) is 16.6. The molecule has 0 aliphatic carbocycles. The van der Waals surface area contributed by atoms with Crippen LogP contribution in [0.4, 0.5) is 25.3 Å². The Bertz CT molecular complexity index is 1090. The van der Waals surface area contributed by atoms with E-state index in [1.54, 1.807) is 37.3 Å². The smallest absolute Gasteiger partial charge is 0.416 e. The summed E-state index contributed by atoms with van der Waals surface area (Å²) in [5.74, 6) is -0.650. The van der Waals surface area contributed by atoms with Crippen molar-refractivity contribution >= 4 is 29.5 Å². The molecule has 1 saturated heterocycles. The van der Waals surface area contributed by atoms with Crippen molar-refractivity contribution in [3.05, 3.63) is 53.1 Å². The summed E-state index contributed by atoms with van der Waals surface area (Å²) in [6.45, 7) is 2.86. The summed E-state index contributed by atoms with van der Waals surface area (Å²) in [5, 5.41) is 7.62. The first-order valence-corrected chi connectivity index (χ1v) is 9.83. The highest BCUT2D eigenvalue weighted by molar-refractivity contribution is 6.30. The Hall–Kier alpha value is -3.27. The van der Waals surface area contributed by atoms with Gasteiger partial charge >= 0.3 is 6.09 Å². The number of nitrogens with zero attached hydrogens (tertiary/aromatic N) is 4. The molecule has 1 aliphatic heterocycles. The third-order valence-electron chi connectivity index (χ3n) is 4.84. The van der Waals surface area contributed by atoms with Gasteiger partial charge in [0, 0.05) is 16.7 Å². The molecule has 0 spiro atoms. The van der Waals surface area contributed by atoms with Crippen molar-refractivity contribution in [2.24, 2.45) is 0 Å². The van der Waals surface area contributed by atoms with Gasteiger partial charge in [-0.3, -0.25) is 0 Å². The van der Waals surface area contributed by atoms with Crippen LogP contribution >= 0.6 is 11.6 Å². The average Bonchev–Trinajstić information content (AvgIpc) is 3.37. The van der Waals surface area contributed by atoms with Crippen LogP contribution in [0.15, 0.2) is 41.1 Å². The number of rotatable bonds is 6. The third-order valence-corrected chi connectivity index (χ3v) is 5.09. The van der Waals surface area contributed by atoms with Gasteiger partial charge in [-0.1, -0.05) is 16.8 Å². The lowest BCUT2D eigenvalue weighted by molar-refractivity contribution is 0.174. The van der Waals surface area contributed by atoms with E-state index in [1.165, 1.54) is 6.92 Å². The molecule has 3 aromatic rings. The highest BCUT2D eigenvalue weighted by atomic mass is 35.5. The minimum atomic E-state index is -1.43. The fourth-order valence-electron chi connectivity index (χ4n) is 3.13. The van der Waals surface area contributed by atoms with E-state index in [0.717, 1.165) is 16.7 Å². The normalized spacial score (nSPS) is 18.0. The second kappa shape index (κ2) is 8.46. The first kappa shape index (κ1) is 21.0. The third kappa shape index (κ3) is 4.29. The molecule has 4 rings (SSSR count). The van der Waals surface area contributed by atoms with E-state index in [2.05, 4.69) is 20.4 Å². The quantitative estimate of drug-likeness (QED) is 0.578. The monoisotopic (exact) mass is 449 g/mol. The number of carbonyl (C=O) groups excluding carboxylic acids is 1. The largest absolute Gasteiger partial charge is 0.447 e. The SMILES string of the molecule is C[C@H](Nc1ncc(F)c(N2C(=O)OCC2[C@H](C)F)n1)c1cc(-c2ccc(Cl)cc2)on1. The summed E-state index contributed by atoms with van der Waals surface area (Å²) in [7, 11) is 0. The molecule has 31 heavy (non-hydrogen) atoms. The van der Waals surface area contributed by atoms with Crippen molar-refractivity contribution in [2.45, 2.75) is 32.1 Å². The number of aromatic nitrogens is 3. The first-order chi connectivity index (χ1) is 14.8. The topological polar surface area (TPSA) is 93.4 Å². The van der Waals surface area contributed by atoms with E-state index >= 15 is 0 Å². The number of amides is 1. The minimum absolute atomic E-state index is 0.0323. The maximum Gasteiger partial charge on any atom is 0.416 e. The second-order valence-electron chi connectivity index (χ2n) is 7.05. The highest BCUT2D eigenvalue weighted by Gasteiger charge is 2.40. The number of carbonyl (C=O) groups is 1. The van der Waals surface area contributed by atoms with Gasteiger partial charge in [0.2, 0.25) is 5.95 Å². The molecule has 1 aliphatic rings. The van der Waals surface area contributed by atoms with Crippen LogP contribution in [0.1, 0.15) is 25.6 Å². The number of hydrogen-bond acceptors (Lipinski definition) is 7. The van der Waals surface area contributed by atoms with Gasteiger partial charge in [0.25, 0.3) is 0 Å². The number of nitrogens with one attached hydrogen (secondary N) is 1. The van der Waals surface area contributed by atoms with E-state index in [9.17, 15) is 13.6 Å². The summed E-state index contributed by atoms with van der Waals surface area (Å²) in [4.78, 5) is 20.8. The molecule has 1 amide bonds. The molecule has 162 valence electrons. The minimum Gasteiger partial charge on any atom is -0.447 e. The van der Waals surface area contributed by atoms with Crippen LogP contribution in [0.25, 0.3) is 11.3 Å². The Kier molecular flexibility index (Phi) is 5.73. The molecule has 0 saturated carbocycles. The predicted molar refractivity (Wildman–Crippen MR) is 109 cm³/mol. The van der Waals surface area contributed by atoms with Crippen LogP contribution in [0.2, 0.25) is 5.02 Å². The molecule has 0 radical (unpaired) electrons. The molecular weight excluding hydrogens is 432 g/mol. The van der Waals surface area contributed by atoms with Crippen LogP contribution in [-0.4, -0.2) is 40.0 Å². The molecule has 1 fully saturated rings. The summed E-state index contributed by atoms with van der Waals surface area (Å²) < 4.78 is 38.5. The van der Waals surface area contributed by atoms with E-state index in [1.807, 2.05) is 0 Å². The Labute approximate surface area is 181 Å². The number of benzene rings is 1. The van der Waals surface area contributed by atoms with E-state index < -0.39 is 30.2 Å². The number of ether oxygens (including phenoxy) is 1. The Balaban J connectivity index is 1.54. The van der Waals surface area contributed by atoms with Crippen LogP contribution < -0.4 is 10.2 Å². The van der Waals surface area contributed by atoms with E-state index in [4.69, 9.17) is 20.9 Å². The summed E-state index contributed by atoms with van der Waals surface area (Å²) in [6.07, 6.45) is -1.39. The van der Waals surface area contributed by atoms with Gasteiger partial charge in [-0.05, 0) is 38.1 Å². The van der Waals surface area contributed by atoms with Crippen molar-refractivity contribution in [1.29, 1.82) is 0 Å². The molecule has 8 nitrogen and oxygen atoms in total. The van der Waals surface area contributed by atoms with Gasteiger partial charge in [-0.25, -0.2) is 23.5 Å². The molecule has 3 atom stereocenters. The number of halogens is 3. The van der Waals surface area contributed by atoms with Crippen LogP contribution in [0, 0.1) is 5.82 Å². The van der Waals surface area contributed by atoms with Crippen molar-refractivity contribution < 1.29 is 22.8 Å². The standard InChI is InChI=1S/C20H18ClF2N5O3/c1-10(22)16-9-30-20(29)28(16)18-14(23)8-24-19(26-18)25-11(2)15-7-17(31-27-15)12-3-5-13(21)6-4-12/h3-8,10-11,16H,9H2,1-2H3,(H,24,25,26)/t10-,11-,16?/m0/s1. The zero-order valence-corrected chi connectivity index (χ0v) is 17.3. The van der Waals surface area contributed by atoms with Gasteiger partial charge < -0.3 is 14.6 Å². The molecule has 1 unspecified atom stereocenters. The van der Waals surface area contributed by atoms with Crippen LogP contribution in [-0.2, 0) is 4.74 Å². The summed E-state index contributed by atoms with van der Waals surface area (Å²) in [5.41, 5.74) is 1.35. The Morgan fingerprint density at radius 2 is 2.03 bits per heavy atom. The number of cyclic esters (lactones) is 1. The maximum absolute atomic E-state index is 14.3. The lowest BCUT2D eigenvalue weighted by atomic mass is 10.1. The van der Waals surface area contributed by atoms with Crippen LogP contribution in [0.3, 0.4) is 0 Å². The highest BCUT2D eigenvalue weighted by Crippen LogP contribution is 2.29. The van der Waals surface area contributed by atoms with Gasteiger partial charge in [-0.2, -0.15) is 4.98 Å². The lowest BCUT2D eigenvalue weighted by Crippen LogP contribution is -2.40. The van der Waals surface area contributed by atoms with Gasteiger partial charge in [0.1, 0.15) is 24.5 Å². The molecule has 1 N–H and O–H groups in total. The Morgan fingerprint density at radius 3 is 2.74 bits per heavy atom. The summed E-state index contributed by atoms with van der Waals surface area (Å²) in [6, 6.07) is 7.44. The fourth-order valence-corrected chi connectivity index (χ4v) is 3.25. The molecule has 0 bridgehead atoms. The average molecular weight is 450 g/mol. The molecule has 3 heterocycles.